The van der Waals surface area contributed by atoms with Gasteiger partial charge in [-0.2, -0.15) is 5.10 Å². The molecule has 0 radical (unpaired) electrons. The van der Waals surface area contributed by atoms with Gasteiger partial charge in [-0.05, 0) is 24.6 Å². The summed E-state index contributed by atoms with van der Waals surface area (Å²) in [6, 6.07) is 7.12. The summed E-state index contributed by atoms with van der Waals surface area (Å²) >= 11 is 0. The van der Waals surface area contributed by atoms with Crippen LogP contribution in [0.25, 0.3) is 5.83 Å². The van der Waals surface area contributed by atoms with Gasteiger partial charge in [0.2, 0.25) is 0 Å². The minimum absolute atomic E-state index is 0.0592. The quantitative estimate of drug-likeness (QED) is 0.919. The summed E-state index contributed by atoms with van der Waals surface area (Å²) in [5.41, 5.74) is 0.872. The Kier molecular flexibility index (Phi) is 4.07. The standard InChI is InChI=1S/C15H15FN2O3/c1-9(16)13-10(2)17-18(14(13)15(19)20)8-11-4-6-12(21-3)7-5-11/h4-7H,1,8H2,2-3H3,(H,19,20). The number of hydrogen-bond acceptors (Lipinski definition) is 3. The Balaban J connectivity index is 2.41. The zero-order valence-electron chi connectivity index (χ0n) is 11.8. The van der Waals surface area contributed by atoms with E-state index < -0.39 is 11.8 Å². The molecule has 6 heteroatoms. The van der Waals surface area contributed by atoms with Crippen LogP contribution in [0.1, 0.15) is 27.3 Å². The van der Waals surface area contributed by atoms with Gasteiger partial charge in [0.15, 0.2) is 5.69 Å². The lowest BCUT2D eigenvalue weighted by atomic mass is 10.1. The first kappa shape index (κ1) is 14.8. The van der Waals surface area contributed by atoms with Crippen LogP contribution in [0.2, 0.25) is 0 Å². The summed E-state index contributed by atoms with van der Waals surface area (Å²) in [5, 5.41) is 13.4. The van der Waals surface area contributed by atoms with Crippen LogP contribution in [-0.4, -0.2) is 28.0 Å². The Morgan fingerprint density at radius 2 is 2.05 bits per heavy atom. The predicted octanol–water partition coefficient (Wildman–Crippen LogP) is 2.89. The lowest BCUT2D eigenvalue weighted by Gasteiger charge is -2.06. The molecule has 0 aliphatic heterocycles. The van der Waals surface area contributed by atoms with E-state index in [4.69, 9.17) is 4.74 Å². The largest absolute Gasteiger partial charge is 0.497 e. The van der Waals surface area contributed by atoms with Crippen LogP contribution in [0.15, 0.2) is 30.8 Å². The topological polar surface area (TPSA) is 64.4 Å². The third kappa shape index (κ3) is 2.94. The van der Waals surface area contributed by atoms with Gasteiger partial charge in [-0.15, -0.1) is 0 Å². The second-order valence-corrected chi connectivity index (χ2v) is 4.52. The summed E-state index contributed by atoms with van der Waals surface area (Å²) in [6.45, 7) is 4.95. The van der Waals surface area contributed by atoms with Crippen molar-refractivity contribution in [2.45, 2.75) is 13.5 Å². The van der Waals surface area contributed by atoms with E-state index in [-0.39, 0.29) is 17.8 Å². The number of hydrogen-bond donors (Lipinski definition) is 1. The average molecular weight is 290 g/mol. The van der Waals surface area contributed by atoms with Crippen LogP contribution >= 0.6 is 0 Å². The lowest BCUT2D eigenvalue weighted by molar-refractivity contribution is 0.0683. The fourth-order valence-electron chi connectivity index (χ4n) is 2.14. The van der Waals surface area contributed by atoms with Gasteiger partial charge in [0, 0.05) is 0 Å². The molecule has 0 saturated heterocycles. The van der Waals surface area contributed by atoms with Gasteiger partial charge in [-0.25, -0.2) is 9.18 Å². The number of carbonyl (C=O) groups is 1. The maximum atomic E-state index is 13.4. The summed E-state index contributed by atoms with van der Waals surface area (Å²) in [4.78, 5) is 11.4. The van der Waals surface area contributed by atoms with Gasteiger partial charge < -0.3 is 9.84 Å². The zero-order chi connectivity index (χ0) is 15.6. The SMILES string of the molecule is C=C(F)c1c(C)nn(Cc2ccc(OC)cc2)c1C(=O)O. The van der Waals surface area contributed by atoms with Crippen molar-refractivity contribution < 1.29 is 19.0 Å². The lowest BCUT2D eigenvalue weighted by Crippen LogP contribution is -2.12. The highest BCUT2D eigenvalue weighted by atomic mass is 19.1. The van der Waals surface area contributed by atoms with Crippen molar-refractivity contribution in [1.29, 1.82) is 0 Å². The number of aryl methyl sites for hydroxylation is 1. The monoisotopic (exact) mass is 290 g/mol. The number of carboxylic acid groups (broad SMARTS) is 1. The Labute approximate surface area is 121 Å². The Hall–Kier alpha value is -2.63. The number of benzene rings is 1. The van der Waals surface area contributed by atoms with Gasteiger partial charge in [0.1, 0.15) is 11.6 Å². The predicted molar refractivity (Wildman–Crippen MR) is 76.2 cm³/mol. The first-order chi connectivity index (χ1) is 9.93. The van der Waals surface area contributed by atoms with Crippen LogP contribution in [0.3, 0.4) is 0 Å². The molecule has 21 heavy (non-hydrogen) atoms. The molecule has 1 aromatic heterocycles. The highest BCUT2D eigenvalue weighted by Gasteiger charge is 2.23. The molecule has 110 valence electrons. The average Bonchev–Trinajstić information content (AvgIpc) is 2.76. The Bertz CT molecular complexity index is 690. The van der Waals surface area contributed by atoms with Crippen molar-refractivity contribution in [1.82, 2.24) is 9.78 Å². The summed E-state index contributed by atoms with van der Waals surface area (Å²) in [7, 11) is 1.56. The minimum atomic E-state index is -1.24. The molecular weight excluding hydrogens is 275 g/mol. The molecule has 0 fully saturated rings. The fraction of sp³-hybridized carbons (Fsp3) is 0.200. The second kappa shape index (κ2) is 5.78. The first-order valence-electron chi connectivity index (χ1n) is 6.22. The van der Waals surface area contributed by atoms with Gasteiger partial charge in [0.05, 0.1) is 24.9 Å². The van der Waals surface area contributed by atoms with E-state index in [1.165, 1.54) is 4.68 Å². The number of methoxy groups -OCH3 is 1. The molecule has 2 aromatic rings. The van der Waals surface area contributed by atoms with E-state index >= 15 is 0 Å². The van der Waals surface area contributed by atoms with Gasteiger partial charge >= 0.3 is 5.97 Å². The number of aromatic carboxylic acids is 1. The van der Waals surface area contributed by atoms with E-state index in [1.807, 2.05) is 0 Å². The van der Waals surface area contributed by atoms with E-state index in [9.17, 15) is 14.3 Å². The molecule has 0 spiro atoms. The maximum absolute atomic E-state index is 13.4. The van der Waals surface area contributed by atoms with Gasteiger partial charge in [-0.1, -0.05) is 18.7 Å². The summed E-state index contributed by atoms with van der Waals surface area (Å²) in [6.07, 6.45) is 0. The molecule has 5 nitrogen and oxygen atoms in total. The molecule has 1 N–H and O–H groups in total. The number of aromatic nitrogens is 2. The van der Waals surface area contributed by atoms with Crippen LogP contribution < -0.4 is 4.74 Å². The van der Waals surface area contributed by atoms with Crippen LogP contribution in [0, 0.1) is 6.92 Å². The second-order valence-electron chi connectivity index (χ2n) is 4.52. The molecule has 0 aliphatic rings. The first-order valence-corrected chi connectivity index (χ1v) is 6.22. The maximum Gasteiger partial charge on any atom is 0.354 e. The minimum Gasteiger partial charge on any atom is -0.497 e. The van der Waals surface area contributed by atoms with E-state index in [1.54, 1.807) is 38.3 Å². The molecule has 1 heterocycles. The number of rotatable bonds is 5. The molecule has 1 aromatic carbocycles. The summed E-state index contributed by atoms with van der Waals surface area (Å²) in [5.74, 6) is -1.34. The third-order valence-electron chi connectivity index (χ3n) is 3.09. The number of carboxylic acids is 1. The van der Waals surface area contributed by atoms with Crippen molar-refractivity contribution in [3.05, 3.63) is 53.4 Å². The van der Waals surface area contributed by atoms with Crippen molar-refractivity contribution in [2.75, 3.05) is 7.11 Å². The third-order valence-corrected chi connectivity index (χ3v) is 3.09. The Morgan fingerprint density at radius 3 is 2.52 bits per heavy atom. The van der Waals surface area contributed by atoms with Crippen LogP contribution in [-0.2, 0) is 6.54 Å². The number of nitrogens with zero attached hydrogens (tertiary/aromatic N) is 2. The zero-order valence-corrected chi connectivity index (χ0v) is 11.8. The van der Waals surface area contributed by atoms with Gasteiger partial charge in [0.25, 0.3) is 0 Å². The van der Waals surface area contributed by atoms with Crippen LogP contribution in [0.4, 0.5) is 4.39 Å². The van der Waals surface area contributed by atoms with Gasteiger partial charge in [-0.3, -0.25) is 4.68 Å². The molecule has 0 unspecified atom stereocenters. The molecule has 0 aliphatic carbocycles. The van der Waals surface area contributed by atoms with Crippen molar-refractivity contribution >= 4 is 11.8 Å². The molecule has 0 amide bonds. The molecule has 0 saturated carbocycles. The van der Waals surface area contributed by atoms with Crippen molar-refractivity contribution in [2.24, 2.45) is 0 Å². The number of ether oxygens (including phenoxy) is 1. The molecule has 0 bridgehead atoms. The highest BCUT2D eigenvalue weighted by Crippen LogP contribution is 2.24. The van der Waals surface area contributed by atoms with E-state index in [2.05, 4.69) is 11.7 Å². The van der Waals surface area contributed by atoms with Crippen LogP contribution in [0.5, 0.6) is 5.75 Å². The molecule has 0 atom stereocenters. The number of halogens is 1. The van der Waals surface area contributed by atoms with E-state index in [0.717, 1.165) is 5.56 Å². The Morgan fingerprint density at radius 1 is 1.43 bits per heavy atom. The van der Waals surface area contributed by atoms with E-state index in [0.29, 0.717) is 11.4 Å². The molecule has 2 rings (SSSR count). The summed E-state index contributed by atoms with van der Waals surface area (Å²) < 4.78 is 19.8. The highest BCUT2D eigenvalue weighted by molar-refractivity contribution is 5.91. The normalized spacial score (nSPS) is 10.4. The smallest absolute Gasteiger partial charge is 0.354 e. The fourth-order valence-corrected chi connectivity index (χ4v) is 2.14. The van der Waals surface area contributed by atoms with Crippen molar-refractivity contribution in [3.8, 4) is 5.75 Å². The molecular formula is C15H15FN2O3. The van der Waals surface area contributed by atoms with Crippen molar-refractivity contribution in [3.63, 3.8) is 0 Å².